The first-order chi connectivity index (χ1) is 15.0. The number of carbonyl (C=O) groups excluding carboxylic acids is 2. The molecule has 0 saturated carbocycles. The van der Waals surface area contributed by atoms with Gasteiger partial charge in [0.15, 0.2) is 6.10 Å². The molecule has 1 aromatic carbocycles. The molecule has 4 nitrogen and oxygen atoms in total. The molecule has 0 bridgehead atoms. The molecular weight excluding hydrogens is 388 g/mol. The van der Waals surface area contributed by atoms with Gasteiger partial charge in [0.2, 0.25) is 0 Å². The lowest BCUT2D eigenvalue weighted by Crippen LogP contribution is -2.21. The van der Waals surface area contributed by atoms with E-state index < -0.39 is 18.0 Å². The molecule has 0 N–H and O–H groups in total. The van der Waals surface area contributed by atoms with Crippen LogP contribution in [-0.4, -0.2) is 24.6 Å². The molecular formula is C27H40O4. The van der Waals surface area contributed by atoms with Crippen molar-refractivity contribution < 1.29 is 19.1 Å². The molecule has 0 radical (unpaired) electrons. The van der Waals surface area contributed by atoms with Crippen LogP contribution in [0.15, 0.2) is 24.3 Å². The standard InChI is InChI=1S/C27H40O4/c1-5-7-9-10-11-12-13-16-20-30-26(28)24-18-14-15-19-25(24)27(29)31-23(17-8-6-2)21-22(3)4/h14-15,18-19,22-23H,5-7,9-13,16,20-21H2,1-4H3. The summed E-state index contributed by atoms with van der Waals surface area (Å²) < 4.78 is 11.0. The molecule has 0 aromatic heterocycles. The fourth-order valence-electron chi connectivity index (χ4n) is 3.29. The van der Waals surface area contributed by atoms with Crippen LogP contribution in [0.1, 0.15) is 113 Å². The largest absolute Gasteiger partial charge is 0.462 e. The summed E-state index contributed by atoms with van der Waals surface area (Å²) in [6, 6.07) is 6.67. The van der Waals surface area contributed by atoms with Crippen LogP contribution < -0.4 is 0 Å². The van der Waals surface area contributed by atoms with Crippen LogP contribution in [0.3, 0.4) is 0 Å². The van der Waals surface area contributed by atoms with Crippen molar-refractivity contribution >= 4 is 11.9 Å². The Kier molecular flexibility index (Phi) is 14.2. The molecule has 1 rings (SSSR count). The zero-order chi connectivity index (χ0) is 22.9. The van der Waals surface area contributed by atoms with E-state index in [4.69, 9.17) is 9.47 Å². The van der Waals surface area contributed by atoms with Crippen molar-refractivity contribution in [3.8, 4) is 11.8 Å². The van der Waals surface area contributed by atoms with Crippen molar-refractivity contribution in [3.05, 3.63) is 35.4 Å². The van der Waals surface area contributed by atoms with E-state index in [0.29, 0.717) is 25.4 Å². The second-order valence-corrected chi connectivity index (χ2v) is 8.35. The smallest absolute Gasteiger partial charge is 0.340 e. The molecule has 0 aliphatic carbocycles. The lowest BCUT2D eigenvalue weighted by atomic mass is 10.1. The van der Waals surface area contributed by atoms with Crippen molar-refractivity contribution in [1.82, 2.24) is 0 Å². The zero-order valence-electron chi connectivity index (χ0n) is 19.9. The van der Waals surface area contributed by atoms with E-state index in [2.05, 4.69) is 32.6 Å². The SMILES string of the molecule is CCC#CC(CC(C)C)OC(=O)c1ccccc1C(=O)OCCCCCCCCCC. The van der Waals surface area contributed by atoms with Crippen molar-refractivity contribution in [2.45, 2.75) is 98.0 Å². The minimum absolute atomic E-state index is 0.232. The second-order valence-electron chi connectivity index (χ2n) is 8.35. The van der Waals surface area contributed by atoms with Crippen LogP contribution in [0.25, 0.3) is 0 Å². The third-order valence-corrected chi connectivity index (χ3v) is 4.97. The van der Waals surface area contributed by atoms with Gasteiger partial charge in [-0.25, -0.2) is 9.59 Å². The normalized spacial score (nSPS) is 11.5. The molecule has 1 unspecified atom stereocenters. The Balaban J connectivity index is 2.57. The van der Waals surface area contributed by atoms with Gasteiger partial charge in [0.1, 0.15) is 0 Å². The van der Waals surface area contributed by atoms with Crippen LogP contribution in [0.4, 0.5) is 0 Å². The summed E-state index contributed by atoms with van der Waals surface area (Å²) in [7, 11) is 0. The van der Waals surface area contributed by atoms with Crippen LogP contribution in [-0.2, 0) is 9.47 Å². The topological polar surface area (TPSA) is 52.6 Å². The Labute approximate surface area is 189 Å². The maximum absolute atomic E-state index is 12.8. The Morgan fingerprint density at radius 2 is 1.45 bits per heavy atom. The summed E-state index contributed by atoms with van der Waals surface area (Å²) in [5.41, 5.74) is 0.481. The van der Waals surface area contributed by atoms with Crippen molar-refractivity contribution in [2.24, 2.45) is 5.92 Å². The van der Waals surface area contributed by atoms with Gasteiger partial charge in [0.25, 0.3) is 0 Å². The minimum atomic E-state index is -0.532. The van der Waals surface area contributed by atoms with Gasteiger partial charge >= 0.3 is 11.9 Å². The fourth-order valence-corrected chi connectivity index (χ4v) is 3.29. The molecule has 0 saturated heterocycles. The number of benzene rings is 1. The Morgan fingerprint density at radius 3 is 2.03 bits per heavy atom. The first-order valence-corrected chi connectivity index (χ1v) is 11.9. The van der Waals surface area contributed by atoms with E-state index in [0.717, 1.165) is 12.8 Å². The van der Waals surface area contributed by atoms with Gasteiger partial charge in [0, 0.05) is 6.42 Å². The maximum Gasteiger partial charge on any atom is 0.340 e. The molecule has 172 valence electrons. The highest BCUT2D eigenvalue weighted by Gasteiger charge is 2.22. The first kappa shape index (κ1) is 26.8. The van der Waals surface area contributed by atoms with Gasteiger partial charge in [-0.2, -0.15) is 0 Å². The van der Waals surface area contributed by atoms with Crippen LogP contribution in [0.2, 0.25) is 0 Å². The van der Waals surface area contributed by atoms with Crippen LogP contribution >= 0.6 is 0 Å². The molecule has 0 heterocycles. The number of carbonyl (C=O) groups is 2. The van der Waals surface area contributed by atoms with Gasteiger partial charge in [-0.3, -0.25) is 0 Å². The molecule has 0 fully saturated rings. The highest BCUT2D eigenvalue weighted by atomic mass is 16.5. The van der Waals surface area contributed by atoms with E-state index in [9.17, 15) is 9.59 Å². The number of rotatable bonds is 14. The van der Waals surface area contributed by atoms with Crippen LogP contribution in [0, 0.1) is 17.8 Å². The van der Waals surface area contributed by atoms with E-state index >= 15 is 0 Å². The van der Waals surface area contributed by atoms with Crippen molar-refractivity contribution in [3.63, 3.8) is 0 Å². The second kappa shape index (κ2) is 16.4. The number of esters is 2. The third kappa shape index (κ3) is 11.6. The van der Waals surface area contributed by atoms with Crippen LogP contribution in [0.5, 0.6) is 0 Å². The summed E-state index contributed by atoms with van der Waals surface area (Å²) in [5.74, 6) is 5.33. The maximum atomic E-state index is 12.8. The Morgan fingerprint density at radius 1 is 0.871 bits per heavy atom. The first-order valence-electron chi connectivity index (χ1n) is 11.9. The number of hydrogen-bond donors (Lipinski definition) is 0. The fraction of sp³-hybridized carbons (Fsp3) is 0.630. The van der Waals surface area contributed by atoms with Gasteiger partial charge in [-0.1, -0.05) is 96.6 Å². The monoisotopic (exact) mass is 428 g/mol. The third-order valence-electron chi connectivity index (χ3n) is 4.97. The molecule has 0 amide bonds. The predicted octanol–water partition coefficient (Wildman–Crippen LogP) is 6.97. The molecule has 0 aliphatic rings. The molecule has 4 heteroatoms. The molecule has 31 heavy (non-hydrogen) atoms. The summed E-state index contributed by atoms with van der Waals surface area (Å²) in [4.78, 5) is 25.3. The lowest BCUT2D eigenvalue weighted by molar-refractivity contribution is 0.0360. The quantitative estimate of drug-likeness (QED) is 0.182. The van der Waals surface area contributed by atoms with Crippen molar-refractivity contribution in [2.75, 3.05) is 6.61 Å². The Hall–Kier alpha value is -2.28. The van der Waals surface area contributed by atoms with E-state index in [-0.39, 0.29) is 11.1 Å². The van der Waals surface area contributed by atoms with E-state index in [1.165, 1.54) is 38.5 Å². The average Bonchev–Trinajstić information content (AvgIpc) is 2.75. The van der Waals surface area contributed by atoms with Gasteiger partial charge in [-0.05, 0) is 30.9 Å². The summed E-state index contributed by atoms with van der Waals surface area (Å²) in [5, 5.41) is 0. The molecule has 1 aromatic rings. The number of hydrogen-bond acceptors (Lipinski definition) is 4. The number of ether oxygens (including phenoxy) is 2. The lowest BCUT2D eigenvalue weighted by Gasteiger charge is -2.16. The van der Waals surface area contributed by atoms with Gasteiger partial charge < -0.3 is 9.47 Å². The van der Waals surface area contributed by atoms with E-state index in [1.807, 2.05) is 6.92 Å². The van der Waals surface area contributed by atoms with Crippen molar-refractivity contribution in [1.29, 1.82) is 0 Å². The van der Waals surface area contributed by atoms with E-state index in [1.54, 1.807) is 24.3 Å². The molecule has 0 aliphatic heterocycles. The molecule has 1 atom stereocenters. The van der Waals surface area contributed by atoms with Gasteiger partial charge in [-0.15, -0.1) is 0 Å². The summed E-state index contributed by atoms with van der Waals surface area (Å²) in [6.07, 6.45) is 10.3. The summed E-state index contributed by atoms with van der Waals surface area (Å²) in [6.45, 7) is 8.67. The predicted molar refractivity (Wildman–Crippen MR) is 126 cm³/mol. The minimum Gasteiger partial charge on any atom is -0.462 e. The summed E-state index contributed by atoms with van der Waals surface area (Å²) >= 11 is 0. The Bertz CT molecular complexity index is 711. The highest BCUT2D eigenvalue weighted by Crippen LogP contribution is 2.16. The van der Waals surface area contributed by atoms with Gasteiger partial charge in [0.05, 0.1) is 17.7 Å². The zero-order valence-corrected chi connectivity index (χ0v) is 19.9. The average molecular weight is 429 g/mol. The molecule has 0 spiro atoms. The highest BCUT2D eigenvalue weighted by molar-refractivity contribution is 6.03. The number of unbranched alkanes of at least 4 members (excludes halogenated alkanes) is 7.